The van der Waals surface area contributed by atoms with Crippen molar-refractivity contribution in [3.8, 4) is 0 Å². The number of carbonyl (C=O) groups is 2. The highest BCUT2D eigenvalue weighted by atomic mass is 16.5. The number of carboxylic acids is 1. The molecule has 2 aliphatic heterocycles. The number of likely N-dealkylation sites (tertiary alicyclic amines) is 1. The second-order valence-electron chi connectivity index (χ2n) is 6.25. The molecule has 0 spiro atoms. The molecule has 2 heterocycles. The zero-order valence-corrected chi connectivity index (χ0v) is 11.6. The Labute approximate surface area is 118 Å². The van der Waals surface area contributed by atoms with Gasteiger partial charge in [-0.2, -0.15) is 0 Å². The van der Waals surface area contributed by atoms with Gasteiger partial charge in [0.2, 0.25) is 0 Å². The SMILES string of the molecule is O=C(NC[C@H]1CCCO1)N1C[C@@H]2CCC[C@@]2(C(=O)O)C1. The standard InChI is InChI=1S/C14H22N2O4/c17-12(18)14-5-1-3-10(14)8-16(9-14)13(19)15-7-11-4-2-6-20-11/h10-11H,1-9H2,(H,15,19)(H,17,18)/t10-,11+,14+/m0/s1. The number of rotatable bonds is 3. The molecule has 3 atom stereocenters. The molecule has 0 unspecified atom stereocenters. The molecule has 1 saturated carbocycles. The van der Waals surface area contributed by atoms with Crippen molar-refractivity contribution in [2.75, 3.05) is 26.2 Å². The van der Waals surface area contributed by atoms with Gasteiger partial charge in [-0.1, -0.05) is 6.42 Å². The summed E-state index contributed by atoms with van der Waals surface area (Å²) in [5, 5.41) is 12.4. The summed E-state index contributed by atoms with van der Waals surface area (Å²) < 4.78 is 5.47. The summed E-state index contributed by atoms with van der Waals surface area (Å²) >= 11 is 0. The summed E-state index contributed by atoms with van der Waals surface area (Å²) in [5.74, 6) is -0.622. The smallest absolute Gasteiger partial charge is 0.317 e. The maximum absolute atomic E-state index is 12.2. The van der Waals surface area contributed by atoms with Crippen LogP contribution in [0.3, 0.4) is 0 Å². The van der Waals surface area contributed by atoms with Crippen LogP contribution in [0.1, 0.15) is 32.1 Å². The fourth-order valence-corrected chi connectivity index (χ4v) is 3.91. The van der Waals surface area contributed by atoms with Crippen LogP contribution in [0.4, 0.5) is 4.79 Å². The Morgan fingerprint density at radius 1 is 1.35 bits per heavy atom. The summed E-state index contributed by atoms with van der Waals surface area (Å²) in [6.45, 7) is 2.22. The van der Waals surface area contributed by atoms with Crippen molar-refractivity contribution in [2.45, 2.75) is 38.2 Å². The molecule has 6 heteroatoms. The number of fused-ring (bicyclic) bond motifs is 1. The average molecular weight is 282 g/mol. The van der Waals surface area contributed by atoms with E-state index < -0.39 is 11.4 Å². The van der Waals surface area contributed by atoms with Crippen LogP contribution in [0.5, 0.6) is 0 Å². The first-order chi connectivity index (χ1) is 9.62. The zero-order chi connectivity index (χ0) is 14.2. The molecular formula is C14H22N2O4. The van der Waals surface area contributed by atoms with E-state index in [0.29, 0.717) is 26.1 Å². The summed E-state index contributed by atoms with van der Waals surface area (Å²) in [7, 11) is 0. The molecule has 3 rings (SSSR count). The number of ether oxygens (including phenoxy) is 1. The van der Waals surface area contributed by atoms with Crippen LogP contribution >= 0.6 is 0 Å². The molecule has 3 fully saturated rings. The molecule has 2 N–H and O–H groups in total. The van der Waals surface area contributed by atoms with Crippen LogP contribution in [0, 0.1) is 11.3 Å². The van der Waals surface area contributed by atoms with E-state index in [1.807, 2.05) is 0 Å². The highest BCUT2D eigenvalue weighted by Crippen LogP contribution is 2.48. The normalized spacial score (nSPS) is 36.1. The van der Waals surface area contributed by atoms with Gasteiger partial charge in [0.05, 0.1) is 11.5 Å². The van der Waals surface area contributed by atoms with E-state index in [4.69, 9.17) is 4.74 Å². The Bertz CT molecular complexity index is 408. The predicted octanol–water partition coefficient (Wildman–Crippen LogP) is 1.06. The summed E-state index contributed by atoms with van der Waals surface area (Å²) in [5.41, 5.74) is -0.693. The molecule has 0 bridgehead atoms. The fourth-order valence-electron chi connectivity index (χ4n) is 3.91. The lowest BCUT2D eigenvalue weighted by molar-refractivity contribution is -0.149. The second kappa shape index (κ2) is 5.24. The lowest BCUT2D eigenvalue weighted by Gasteiger charge is -2.23. The minimum Gasteiger partial charge on any atom is -0.481 e. The number of amides is 2. The van der Waals surface area contributed by atoms with E-state index in [9.17, 15) is 14.7 Å². The minimum atomic E-state index is -0.741. The van der Waals surface area contributed by atoms with Crippen molar-refractivity contribution in [3.05, 3.63) is 0 Å². The number of nitrogens with one attached hydrogen (secondary N) is 1. The van der Waals surface area contributed by atoms with E-state index in [1.54, 1.807) is 4.90 Å². The Balaban J connectivity index is 1.56. The van der Waals surface area contributed by atoms with Gasteiger partial charge < -0.3 is 20.1 Å². The van der Waals surface area contributed by atoms with Crippen molar-refractivity contribution >= 4 is 12.0 Å². The molecule has 2 amide bonds. The molecular weight excluding hydrogens is 260 g/mol. The lowest BCUT2D eigenvalue weighted by Crippen LogP contribution is -2.43. The summed E-state index contributed by atoms with van der Waals surface area (Å²) in [6.07, 6.45) is 4.73. The number of nitrogens with zero attached hydrogens (tertiary/aromatic N) is 1. The van der Waals surface area contributed by atoms with Crippen molar-refractivity contribution in [2.24, 2.45) is 11.3 Å². The highest BCUT2D eigenvalue weighted by Gasteiger charge is 2.55. The van der Waals surface area contributed by atoms with Crippen LogP contribution in [-0.2, 0) is 9.53 Å². The molecule has 1 aliphatic carbocycles. The zero-order valence-electron chi connectivity index (χ0n) is 11.6. The maximum Gasteiger partial charge on any atom is 0.317 e. The number of carboxylic acid groups (broad SMARTS) is 1. The number of aliphatic carboxylic acids is 1. The third kappa shape index (κ3) is 2.26. The van der Waals surface area contributed by atoms with Gasteiger partial charge >= 0.3 is 12.0 Å². The first-order valence-electron chi connectivity index (χ1n) is 7.49. The molecule has 0 aromatic rings. The molecule has 2 saturated heterocycles. The molecule has 0 aromatic carbocycles. The van der Waals surface area contributed by atoms with E-state index in [1.165, 1.54) is 0 Å². The van der Waals surface area contributed by atoms with Crippen molar-refractivity contribution < 1.29 is 19.4 Å². The highest BCUT2D eigenvalue weighted by molar-refractivity contribution is 5.80. The minimum absolute atomic E-state index is 0.119. The van der Waals surface area contributed by atoms with E-state index in [0.717, 1.165) is 32.3 Å². The van der Waals surface area contributed by atoms with Gasteiger partial charge in [-0.25, -0.2) is 4.79 Å². The number of hydrogen-bond donors (Lipinski definition) is 2. The maximum atomic E-state index is 12.2. The molecule has 0 aromatic heterocycles. The quantitative estimate of drug-likeness (QED) is 0.811. The second-order valence-corrected chi connectivity index (χ2v) is 6.25. The van der Waals surface area contributed by atoms with E-state index >= 15 is 0 Å². The summed E-state index contributed by atoms with van der Waals surface area (Å²) in [6, 6.07) is -0.143. The van der Waals surface area contributed by atoms with Gasteiger partial charge in [-0.05, 0) is 31.6 Å². The van der Waals surface area contributed by atoms with Crippen LogP contribution in [0.2, 0.25) is 0 Å². The van der Waals surface area contributed by atoms with Gasteiger partial charge in [-0.15, -0.1) is 0 Å². The van der Waals surface area contributed by atoms with Crippen molar-refractivity contribution in [1.82, 2.24) is 10.2 Å². The van der Waals surface area contributed by atoms with Crippen LogP contribution in [-0.4, -0.2) is 54.4 Å². The molecule has 6 nitrogen and oxygen atoms in total. The number of carbonyl (C=O) groups excluding carboxylic acids is 1. The average Bonchev–Trinajstić information content (AvgIpc) is 3.10. The third-order valence-electron chi connectivity index (χ3n) is 5.09. The number of hydrogen-bond acceptors (Lipinski definition) is 3. The molecule has 0 radical (unpaired) electrons. The molecule has 112 valence electrons. The van der Waals surface area contributed by atoms with E-state index in [2.05, 4.69) is 5.32 Å². The summed E-state index contributed by atoms with van der Waals surface area (Å²) in [4.78, 5) is 25.4. The third-order valence-corrected chi connectivity index (χ3v) is 5.09. The van der Waals surface area contributed by atoms with Crippen LogP contribution in [0.25, 0.3) is 0 Å². The largest absolute Gasteiger partial charge is 0.481 e. The first kappa shape index (κ1) is 13.7. The Hall–Kier alpha value is -1.30. The lowest BCUT2D eigenvalue weighted by atomic mass is 9.81. The first-order valence-corrected chi connectivity index (χ1v) is 7.49. The van der Waals surface area contributed by atoms with Crippen LogP contribution < -0.4 is 5.32 Å². The molecule has 3 aliphatic rings. The predicted molar refractivity (Wildman–Crippen MR) is 71.4 cm³/mol. The van der Waals surface area contributed by atoms with Crippen molar-refractivity contribution in [1.29, 1.82) is 0 Å². The molecule has 20 heavy (non-hydrogen) atoms. The van der Waals surface area contributed by atoms with Gasteiger partial charge in [-0.3, -0.25) is 4.79 Å². The Kier molecular flexibility index (Phi) is 3.58. The topological polar surface area (TPSA) is 78.9 Å². The fraction of sp³-hybridized carbons (Fsp3) is 0.857. The Morgan fingerprint density at radius 2 is 2.20 bits per heavy atom. The van der Waals surface area contributed by atoms with Gasteiger partial charge in [0.25, 0.3) is 0 Å². The monoisotopic (exact) mass is 282 g/mol. The Morgan fingerprint density at radius 3 is 2.85 bits per heavy atom. The number of urea groups is 1. The van der Waals surface area contributed by atoms with Crippen LogP contribution in [0.15, 0.2) is 0 Å². The van der Waals surface area contributed by atoms with E-state index in [-0.39, 0.29) is 18.1 Å². The van der Waals surface area contributed by atoms with Gasteiger partial charge in [0, 0.05) is 26.2 Å². The van der Waals surface area contributed by atoms with Crippen molar-refractivity contribution in [3.63, 3.8) is 0 Å². The van der Waals surface area contributed by atoms with Gasteiger partial charge in [0.1, 0.15) is 0 Å². The van der Waals surface area contributed by atoms with Gasteiger partial charge in [0.15, 0.2) is 0 Å².